The molecule has 1 atom stereocenters. The maximum absolute atomic E-state index is 5.45. The molecule has 0 amide bonds. The average molecular weight is 267 g/mol. The van der Waals surface area contributed by atoms with Crippen LogP contribution in [0.15, 0.2) is 18.2 Å². The second kappa shape index (κ2) is 8.77. The second-order valence-electron chi connectivity index (χ2n) is 4.40. The van der Waals surface area contributed by atoms with Gasteiger partial charge in [-0.3, -0.25) is 0 Å². The molecule has 4 nitrogen and oxygen atoms in total. The maximum atomic E-state index is 5.45. The lowest BCUT2D eigenvalue weighted by Gasteiger charge is -2.21. The highest BCUT2D eigenvalue weighted by Gasteiger charge is 2.16. The predicted molar refractivity (Wildman–Crippen MR) is 77.1 cm³/mol. The fourth-order valence-electron chi connectivity index (χ4n) is 2.03. The highest BCUT2D eigenvalue weighted by molar-refractivity contribution is 5.42. The van der Waals surface area contributed by atoms with Gasteiger partial charge in [-0.1, -0.05) is 6.92 Å². The monoisotopic (exact) mass is 267 g/mol. The van der Waals surface area contributed by atoms with Gasteiger partial charge in [0, 0.05) is 25.3 Å². The van der Waals surface area contributed by atoms with E-state index in [-0.39, 0.29) is 6.04 Å². The van der Waals surface area contributed by atoms with E-state index in [1.54, 1.807) is 21.3 Å². The Morgan fingerprint density at radius 2 is 1.95 bits per heavy atom. The van der Waals surface area contributed by atoms with Crippen molar-refractivity contribution in [3.8, 4) is 11.5 Å². The minimum atomic E-state index is 0.213. The van der Waals surface area contributed by atoms with Gasteiger partial charge in [-0.25, -0.2) is 0 Å². The lowest BCUT2D eigenvalue weighted by molar-refractivity contribution is 0.182. The fraction of sp³-hybridized carbons (Fsp3) is 0.600. The number of nitrogens with one attached hydrogen (secondary N) is 1. The molecule has 0 saturated heterocycles. The van der Waals surface area contributed by atoms with Gasteiger partial charge in [0.2, 0.25) is 0 Å². The standard InChI is InChI=1S/C15H25NO3/c1-5-9-16-14(8-10-17-2)13-11-12(18-3)6-7-15(13)19-4/h6-7,11,14,16H,5,8-10H2,1-4H3. The Labute approximate surface area is 116 Å². The molecule has 1 unspecified atom stereocenters. The minimum Gasteiger partial charge on any atom is -0.497 e. The van der Waals surface area contributed by atoms with Gasteiger partial charge < -0.3 is 19.5 Å². The van der Waals surface area contributed by atoms with Gasteiger partial charge in [0.1, 0.15) is 11.5 Å². The van der Waals surface area contributed by atoms with Crippen LogP contribution in [0, 0.1) is 0 Å². The Hall–Kier alpha value is -1.26. The Kier molecular flexibility index (Phi) is 7.30. The molecule has 0 bridgehead atoms. The van der Waals surface area contributed by atoms with Crippen molar-refractivity contribution in [3.05, 3.63) is 23.8 Å². The van der Waals surface area contributed by atoms with Crippen LogP contribution in [0.1, 0.15) is 31.4 Å². The van der Waals surface area contributed by atoms with Gasteiger partial charge in [-0.15, -0.1) is 0 Å². The lowest BCUT2D eigenvalue weighted by Crippen LogP contribution is -2.24. The van der Waals surface area contributed by atoms with Crippen molar-refractivity contribution in [1.29, 1.82) is 0 Å². The maximum Gasteiger partial charge on any atom is 0.123 e. The van der Waals surface area contributed by atoms with Crippen LogP contribution in [0.3, 0.4) is 0 Å². The lowest BCUT2D eigenvalue weighted by atomic mass is 10.0. The highest BCUT2D eigenvalue weighted by Crippen LogP contribution is 2.31. The van der Waals surface area contributed by atoms with Crippen molar-refractivity contribution in [3.63, 3.8) is 0 Å². The highest BCUT2D eigenvalue weighted by atomic mass is 16.5. The molecule has 0 radical (unpaired) electrons. The zero-order chi connectivity index (χ0) is 14.1. The smallest absolute Gasteiger partial charge is 0.123 e. The molecule has 4 heteroatoms. The molecule has 1 aromatic rings. The molecule has 0 saturated carbocycles. The van der Waals surface area contributed by atoms with Gasteiger partial charge in [-0.2, -0.15) is 0 Å². The third kappa shape index (κ3) is 4.73. The van der Waals surface area contributed by atoms with E-state index >= 15 is 0 Å². The molecule has 0 spiro atoms. The number of rotatable bonds is 9. The summed E-state index contributed by atoms with van der Waals surface area (Å²) >= 11 is 0. The normalized spacial score (nSPS) is 12.2. The Balaban J connectivity index is 2.96. The molecule has 19 heavy (non-hydrogen) atoms. The van der Waals surface area contributed by atoms with Crippen molar-refractivity contribution in [2.45, 2.75) is 25.8 Å². The number of hydrogen-bond donors (Lipinski definition) is 1. The molecule has 0 heterocycles. The van der Waals surface area contributed by atoms with Crippen molar-refractivity contribution in [1.82, 2.24) is 5.32 Å². The molecule has 1 rings (SSSR count). The van der Waals surface area contributed by atoms with E-state index in [1.165, 1.54) is 0 Å². The first-order valence-electron chi connectivity index (χ1n) is 6.71. The molecular formula is C15H25NO3. The Morgan fingerprint density at radius 3 is 2.53 bits per heavy atom. The van der Waals surface area contributed by atoms with Gasteiger partial charge >= 0.3 is 0 Å². The summed E-state index contributed by atoms with van der Waals surface area (Å²) in [6.07, 6.45) is 2.00. The Morgan fingerprint density at radius 1 is 1.16 bits per heavy atom. The van der Waals surface area contributed by atoms with Crippen LogP contribution in [0.25, 0.3) is 0 Å². The molecule has 1 aromatic carbocycles. The van der Waals surface area contributed by atoms with Crippen LogP contribution in [0.5, 0.6) is 11.5 Å². The van der Waals surface area contributed by atoms with Crippen LogP contribution >= 0.6 is 0 Å². The van der Waals surface area contributed by atoms with E-state index in [9.17, 15) is 0 Å². The van der Waals surface area contributed by atoms with Crippen molar-refractivity contribution >= 4 is 0 Å². The topological polar surface area (TPSA) is 39.7 Å². The van der Waals surface area contributed by atoms with Crippen molar-refractivity contribution in [2.75, 3.05) is 34.5 Å². The largest absolute Gasteiger partial charge is 0.497 e. The van der Waals surface area contributed by atoms with Crippen LogP contribution in [-0.2, 0) is 4.74 Å². The molecular weight excluding hydrogens is 242 g/mol. The van der Waals surface area contributed by atoms with E-state index in [0.29, 0.717) is 6.61 Å². The first-order chi connectivity index (χ1) is 9.26. The van der Waals surface area contributed by atoms with E-state index in [2.05, 4.69) is 12.2 Å². The third-order valence-corrected chi connectivity index (χ3v) is 3.06. The summed E-state index contributed by atoms with van der Waals surface area (Å²) in [5.74, 6) is 1.72. The number of ether oxygens (including phenoxy) is 3. The summed E-state index contributed by atoms with van der Waals surface area (Å²) < 4.78 is 15.9. The zero-order valence-electron chi connectivity index (χ0n) is 12.4. The molecule has 1 N–H and O–H groups in total. The van der Waals surface area contributed by atoms with Crippen LogP contribution < -0.4 is 14.8 Å². The first-order valence-corrected chi connectivity index (χ1v) is 6.71. The summed E-state index contributed by atoms with van der Waals surface area (Å²) in [5, 5.41) is 3.53. The van der Waals surface area contributed by atoms with E-state index in [1.807, 2.05) is 18.2 Å². The third-order valence-electron chi connectivity index (χ3n) is 3.06. The summed E-state index contributed by atoms with van der Waals surface area (Å²) in [7, 11) is 5.09. The van der Waals surface area contributed by atoms with E-state index in [4.69, 9.17) is 14.2 Å². The van der Waals surface area contributed by atoms with Crippen LogP contribution in [0.4, 0.5) is 0 Å². The average Bonchev–Trinajstić information content (AvgIpc) is 2.47. The van der Waals surface area contributed by atoms with Gasteiger partial charge in [0.05, 0.1) is 14.2 Å². The summed E-state index contributed by atoms with van der Waals surface area (Å²) in [4.78, 5) is 0. The first kappa shape index (κ1) is 15.8. The number of hydrogen-bond acceptors (Lipinski definition) is 4. The second-order valence-corrected chi connectivity index (χ2v) is 4.40. The van der Waals surface area contributed by atoms with Gasteiger partial charge in [0.15, 0.2) is 0 Å². The zero-order valence-corrected chi connectivity index (χ0v) is 12.4. The molecule has 0 fully saturated rings. The number of methoxy groups -OCH3 is 3. The van der Waals surface area contributed by atoms with E-state index < -0.39 is 0 Å². The molecule has 0 aromatic heterocycles. The van der Waals surface area contributed by atoms with E-state index in [0.717, 1.165) is 36.4 Å². The number of benzene rings is 1. The van der Waals surface area contributed by atoms with Crippen molar-refractivity contribution in [2.24, 2.45) is 0 Å². The Bertz CT molecular complexity index is 360. The quantitative estimate of drug-likeness (QED) is 0.747. The summed E-state index contributed by atoms with van der Waals surface area (Å²) in [6, 6.07) is 6.10. The minimum absolute atomic E-state index is 0.213. The van der Waals surface area contributed by atoms with Gasteiger partial charge in [-0.05, 0) is 37.6 Å². The molecule has 0 aliphatic heterocycles. The SMILES string of the molecule is CCCNC(CCOC)c1cc(OC)ccc1OC. The van der Waals surface area contributed by atoms with Crippen LogP contribution in [-0.4, -0.2) is 34.5 Å². The molecule has 0 aliphatic rings. The van der Waals surface area contributed by atoms with Crippen molar-refractivity contribution < 1.29 is 14.2 Å². The predicted octanol–water partition coefficient (Wildman–Crippen LogP) is 2.78. The molecule has 0 aliphatic carbocycles. The fourth-order valence-corrected chi connectivity index (χ4v) is 2.03. The van der Waals surface area contributed by atoms with Crippen LogP contribution in [0.2, 0.25) is 0 Å². The summed E-state index contributed by atoms with van der Waals surface area (Å²) in [6.45, 7) is 3.83. The summed E-state index contributed by atoms with van der Waals surface area (Å²) in [5.41, 5.74) is 1.12. The molecule has 108 valence electrons. The van der Waals surface area contributed by atoms with Gasteiger partial charge in [0.25, 0.3) is 0 Å².